The van der Waals surface area contributed by atoms with Crippen molar-refractivity contribution in [3.05, 3.63) is 11.4 Å². The second-order valence-electron chi connectivity index (χ2n) is 5.15. The molecule has 0 spiro atoms. The second kappa shape index (κ2) is 7.28. The van der Waals surface area contributed by atoms with E-state index in [0.717, 1.165) is 36.0 Å². The Bertz CT molecular complexity index is 407. The second-order valence-corrected chi connectivity index (χ2v) is 5.15. The zero-order chi connectivity index (χ0) is 14.4. The lowest BCUT2D eigenvalue weighted by molar-refractivity contribution is 0.179. The molecule has 0 aromatic carbocycles. The molecule has 0 radical (unpaired) electrons. The fourth-order valence-corrected chi connectivity index (χ4v) is 1.99. The summed E-state index contributed by atoms with van der Waals surface area (Å²) in [5, 5.41) is 16.1. The molecule has 0 aliphatic rings. The summed E-state index contributed by atoms with van der Waals surface area (Å²) in [4.78, 5) is 8.87. The molecule has 1 heterocycles. The molecule has 0 amide bonds. The zero-order valence-electron chi connectivity index (χ0n) is 12.6. The minimum Gasteiger partial charge on any atom is -0.393 e. The Morgan fingerprint density at radius 2 is 1.79 bits per heavy atom. The van der Waals surface area contributed by atoms with Crippen LogP contribution in [0.15, 0.2) is 0 Å². The molecule has 5 heteroatoms. The molecule has 0 fully saturated rings. The van der Waals surface area contributed by atoms with Crippen molar-refractivity contribution in [2.75, 3.05) is 17.2 Å². The third kappa shape index (κ3) is 5.03. The van der Waals surface area contributed by atoms with Gasteiger partial charge in [0, 0.05) is 18.2 Å². The SMILES string of the molecule is CCCNc1nc(C)nc(NC(C)CC(C)O)c1C. The predicted octanol–water partition coefficient (Wildman–Crippen LogP) is 2.49. The van der Waals surface area contributed by atoms with Gasteiger partial charge in [0.25, 0.3) is 0 Å². The molecule has 0 saturated heterocycles. The molecule has 5 nitrogen and oxygen atoms in total. The summed E-state index contributed by atoms with van der Waals surface area (Å²) in [6, 6.07) is 0.173. The number of aliphatic hydroxyl groups excluding tert-OH is 1. The van der Waals surface area contributed by atoms with Gasteiger partial charge in [0.2, 0.25) is 0 Å². The smallest absolute Gasteiger partial charge is 0.134 e. The first-order chi connectivity index (χ1) is 8.93. The van der Waals surface area contributed by atoms with Crippen LogP contribution >= 0.6 is 0 Å². The molecule has 0 aliphatic carbocycles. The van der Waals surface area contributed by atoms with Crippen molar-refractivity contribution in [3.63, 3.8) is 0 Å². The number of nitrogens with one attached hydrogen (secondary N) is 2. The van der Waals surface area contributed by atoms with Crippen molar-refractivity contribution < 1.29 is 5.11 Å². The Morgan fingerprint density at radius 1 is 1.16 bits per heavy atom. The zero-order valence-corrected chi connectivity index (χ0v) is 12.6. The van der Waals surface area contributed by atoms with Gasteiger partial charge in [-0.1, -0.05) is 6.92 Å². The fourth-order valence-electron chi connectivity index (χ4n) is 1.99. The average molecular weight is 266 g/mol. The van der Waals surface area contributed by atoms with Gasteiger partial charge in [0.05, 0.1) is 6.10 Å². The number of anilines is 2. The highest BCUT2D eigenvalue weighted by Crippen LogP contribution is 2.21. The van der Waals surface area contributed by atoms with Gasteiger partial charge in [-0.2, -0.15) is 0 Å². The average Bonchev–Trinajstić information content (AvgIpc) is 2.30. The Balaban J connectivity index is 2.85. The van der Waals surface area contributed by atoms with Gasteiger partial charge in [-0.3, -0.25) is 0 Å². The van der Waals surface area contributed by atoms with E-state index in [1.54, 1.807) is 6.92 Å². The van der Waals surface area contributed by atoms with Crippen LogP contribution in [0.5, 0.6) is 0 Å². The van der Waals surface area contributed by atoms with E-state index in [2.05, 4.69) is 27.5 Å². The highest BCUT2D eigenvalue weighted by molar-refractivity contribution is 5.57. The Labute approximate surface area is 115 Å². The summed E-state index contributed by atoms with van der Waals surface area (Å²) in [5.74, 6) is 2.48. The molecule has 0 bridgehead atoms. The van der Waals surface area contributed by atoms with Crippen molar-refractivity contribution in [3.8, 4) is 0 Å². The third-order valence-electron chi connectivity index (χ3n) is 2.88. The molecule has 1 rings (SSSR count). The lowest BCUT2D eigenvalue weighted by atomic mass is 10.1. The first-order valence-corrected chi connectivity index (χ1v) is 6.97. The van der Waals surface area contributed by atoms with E-state index < -0.39 is 0 Å². The van der Waals surface area contributed by atoms with Gasteiger partial charge in [-0.25, -0.2) is 9.97 Å². The lowest BCUT2D eigenvalue weighted by Gasteiger charge is -2.19. The summed E-state index contributed by atoms with van der Waals surface area (Å²) < 4.78 is 0. The molecule has 19 heavy (non-hydrogen) atoms. The molecular weight excluding hydrogens is 240 g/mol. The van der Waals surface area contributed by atoms with Crippen molar-refractivity contribution in [1.82, 2.24) is 9.97 Å². The van der Waals surface area contributed by atoms with Crippen LogP contribution in [0.2, 0.25) is 0 Å². The van der Waals surface area contributed by atoms with E-state index in [0.29, 0.717) is 6.42 Å². The molecule has 1 aromatic heterocycles. The van der Waals surface area contributed by atoms with Crippen LogP contribution in [0.4, 0.5) is 11.6 Å². The number of aryl methyl sites for hydroxylation is 1. The highest BCUT2D eigenvalue weighted by Gasteiger charge is 2.12. The van der Waals surface area contributed by atoms with Crippen LogP contribution < -0.4 is 10.6 Å². The maximum absolute atomic E-state index is 9.41. The minimum absolute atomic E-state index is 0.173. The van der Waals surface area contributed by atoms with E-state index in [1.165, 1.54) is 0 Å². The van der Waals surface area contributed by atoms with E-state index >= 15 is 0 Å². The van der Waals surface area contributed by atoms with Crippen molar-refractivity contribution in [1.29, 1.82) is 0 Å². The van der Waals surface area contributed by atoms with Crippen molar-refractivity contribution in [2.24, 2.45) is 0 Å². The van der Waals surface area contributed by atoms with Crippen LogP contribution in [0.3, 0.4) is 0 Å². The van der Waals surface area contributed by atoms with E-state index in [4.69, 9.17) is 0 Å². The van der Waals surface area contributed by atoms with Crippen molar-refractivity contribution >= 4 is 11.6 Å². The summed E-state index contributed by atoms with van der Waals surface area (Å²) in [5.41, 5.74) is 1.02. The quantitative estimate of drug-likeness (QED) is 0.707. The topological polar surface area (TPSA) is 70.1 Å². The van der Waals surface area contributed by atoms with Gasteiger partial charge in [-0.15, -0.1) is 0 Å². The summed E-state index contributed by atoms with van der Waals surface area (Å²) >= 11 is 0. The van der Waals surface area contributed by atoms with Gasteiger partial charge in [0.1, 0.15) is 17.5 Å². The molecule has 0 saturated carbocycles. The van der Waals surface area contributed by atoms with E-state index in [9.17, 15) is 5.11 Å². The Morgan fingerprint density at radius 3 is 2.37 bits per heavy atom. The number of nitrogens with zero attached hydrogens (tertiary/aromatic N) is 2. The molecule has 0 aliphatic heterocycles. The predicted molar refractivity (Wildman–Crippen MR) is 79.7 cm³/mol. The summed E-state index contributed by atoms with van der Waals surface area (Å²) in [7, 11) is 0. The van der Waals surface area contributed by atoms with Gasteiger partial charge in [0.15, 0.2) is 0 Å². The number of hydrogen-bond acceptors (Lipinski definition) is 5. The minimum atomic E-state index is -0.316. The Kier molecular flexibility index (Phi) is 6.02. The molecule has 108 valence electrons. The third-order valence-corrected chi connectivity index (χ3v) is 2.88. The van der Waals surface area contributed by atoms with Crippen molar-refractivity contribution in [2.45, 2.75) is 59.6 Å². The molecule has 3 N–H and O–H groups in total. The van der Waals surface area contributed by atoms with Gasteiger partial charge in [-0.05, 0) is 40.5 Å². The first kappa shape index (κ1) is 15.7. The summed E-state index contributed by atoms with van der Waals surface area (Å²) in [6.45, 7) is 10.8. The number of aliphatic hydroxyl groups is 1. The maximum Gasteiger partial charge on any atom is 0.134 e. The molecule has 1 aromatic rings. The van der Waals surface area contributed by atoms with Crippen LogP contribution in [0.25, 0.3) is 0 Å². The van der Waals surface area contributed by atoms with Crippen LogP contribution in [0, 0.1) is 13.8 Å². The first-order valence-electron chi connectivity index (χ1n) is 6.97. The number of hydrogen-bond donors (Lipinski definition) is 3. The number of aromatic nitrogens is 2. The van der Waals surface area contributed by atoms with Crippen LogP contribution in [-0.4, -0.2) is 33.8 Å². The largest absolute Gasteiger partial charge is 0.393 e. The van der Waals surface area contributed by atoms with Gasteiger partial charge >= 0.3 is 0 Å². The summed E-state index contributed by atoms with van der Waals surface area (Å²) in [6.07, 6.45) is 1.44. The fraction of sp³-hybridized carbons (Fsp3) is 0.714. The van der Waals surface area contributed by atoms with Crippen LogP contribution in [0.1, 0.15) is 45.0 Å². The van der Waals surface area contributed by atoms with Gasteiger partial charge < -0.3 is 15.7 Å². The van der Waals surface area contributed by atoms with E-state index in [-0.39, 0.29) is 12.1 Å². The standard InChI is InChI=1S/C14H26N4O/c1-6-7-15-13-11(4)14(18-12(5)17-13)16-9(2)8-10(3)19/h9-10,19H,6-8H2,1-5H3,(H2,15,16,17,18). The normalized spacial score (nSPS) is 14.0. The maximum atomic E-state index is 9.41. The Hall–Kier alpha value is -1.36. The number of rotatable bonds is 7. The molecule has 2 unspecified atom stereocenters. The molecular formula is C14H26N4O. The monoisotopic (exact) mass is 266 g/mol. The van der Waals surface area contributed by atoms with Crippen LogP contribution in [-0.2, 0) is 0 Å². The highest BCUT2D eigenvalue weighted by atomic mass is 16.3. The lowest BCUT2D eigenvalue weighted by Crippen LogP contribution is -2.22. The van der Waals surface area contributed by atoms with E-state index in [1.807, 2.05) is 20.8 Å². The molecule has 2 atom stereocenters.